The van der Waals surface area contributed by atoms with Gasteiger partial charge in [-0.1, -0.05) is 60.6 Å². The number of hydrogen-bond acceptors (Lipinski definition) is 4. The molecule has 130 valence electrons. The molecule has 0 saturated carbocycles. The third kappa shape index (κ3) is 2.40. The standard InChI is InChI=1S/C19H16ClN5S/c1-2-15-22-23-19-25(15)24-18(26-19)16-13-10-12(20)8-9-14(13)21-17(16)11-6-4-3-5-7-11/h3-10,18,21,24H,2H2,1H3. The molecule has 5 nitrogen and oxygen atoms in total. The number of benzene rings is 2. The lowest BCUT2D eigenvalue weighted by atomic mass is 10.1. The second-order valence-corrected chi connectivity index (χ2v) is 7.69. The summed E-state index contributed by atoms with van der Waals surface area (Å²) in [5.41, 5.74) is 8.06. The molecule has 5 rings (SSSR count). The van der Waals surface area contributed by atoms with Gasteiger partial charge in [0, 0.05) is 27.9 Å². The van der Waals surface area contributed by atoms with Crippen molar-refractivity contribution in [2.45, 2.75) is 23.9 Å². The van der Waals surface area contributed by atoms with Crippen molar-refractivity contribution < 1.29 is 0 Å². The van der Waals surface area contributed by atoms with Crippen molar-refractivity contribution in [3.05, 3.63) is 64.9 Å². The summed E-state index contributed by atoms with van der Waals surface area (Å²) in [6, 6.07) is 16.3. The van der Waals surface area contributed by atoms with Gasteiger partial charge in [-0.05, 0) is 23.8 Å². The first-order valence-electron chi connectivity index (χ1n) is 8.48. The maximum absolute atomic E-state index is 6.30. The van der Waals surface area contributed by atoms with E-state index in [1.54, 1.807) is 11.8 Å². The molecule has 2 N–H and O–H groups in total. The molecule has 26 heavy (non-hydrogen) atoms. The summed E-state index contributed by atoms with van der Waals surface area (Å²) < 4.78 is 1.99. The Labute approximate surface area is 159 Å². The first kappa shape index (κ1) is 15.8. The highest BCUT2D eigenvalue weighted by molar-refractivity contribution is 7.99. The number of nitrogens with one attached hydrogen (secondary N) is 2. The monoisotopic (exact) mass is 381 g/mol. The number of thioether (sulfide) groups is 1. The average molecular weight is 382 g/mol. The van der Waals surface area contributed by atoms with E-state index in [1.165, 1.54) is 5.56 Å². The van der Waals surface area contributed by atoms with Gasteiger partial charge < -0.3 is 10.4 Å². The van der Waals surface area contributed by atoms with Gasteiger partial charge in [-0.15, -0.1) is 10.2 Å². The van der Waals surface area contributed by atoms with Crippen LogP contribution in [0, 0.1) is 0 Å². The molecule has 4 aromatic rings. The minimum atomic E-state index is 0.0354. The van der Waals surface area contributed by atoms with E-state index < -0.39 is 0 Å². The predicted molar refractivity (Wildman–Crippen MR) is 106 cm³/mol. The summed E-state index contributed by atoms with van der Waals surface area (Å²) in [6.45, 7) is 2.08. The first-order chi connectivity index (χ1) is 12.7. The van der Waals surface area contributed by atoms with E-state index in [0.29, 0.717) is 0 Å². The highest BCUT2D eigenvalue weighted by Crippen LogP contribution is 2.45. The Balaban J connectivity index is 1.69. The molecular formula is C19H16ClN5S. The minimum absolute atomic E-state index is 0.0354. The zero-order valence-corrected chi connectivity index (χ0v) is 15.6. The molecule has 7 heteroatoms. The van der Waals surface area contributed by atoms with E-state index in [1.807, 2.05) is 28.9 Å². The highest BCUT2D eigenvalue weighted by Gasteiger charge is 2.31. The molecule has 0 spiro atoms. The van der Waals surface area contributed by atoms with Crippen LogP contribution in [0.15, 0.2) is 53.7 Å². The number of aromatic nitrogens is 4. The lowest BCUT2D eigenvalue weighted by Gasteiger charge is -2.14. The van der Waals surface area contributed by atoms with Gasteiger partial charge in [0.2, 0.25) is 5.16 Å². The van der Waals surface area contributed by atoms with Crippen molar-refractivity contribution in [2.75, 3.05) is 5.43 Å². The Morgan fingerprint density at radius 1 is 1.15 bits per heavy atom. The molecule has 0 bridgehead atoms. The molecule has 0 amide bonds. The molecule has 0 saturated heterocycles. The number of H-pyrrole nitrogens is 1. The zero-order valence-electron chi connectivity index (χ0n) is 14.0. The maximum Gasteiger partial charge on any atom is 0.212 e. The summed E-state index contributed by atoms with van der Waals surface area (Å²) in [7, 11) is 0. The molecule has 0 radical (unpaired) electrons. The summed E-state index contributed by atoms with van der Waals surface area (Å²) in [5.74, 6) is 0.939. The Kier molecular flexibility index (Phi) is 3.69. The van der Waals surface area contributed by atoms with Crippen molar-refractivity contribution >= 4 is 34.3 Å². The molecule has 1 aliphatic heterocycles. The van der Waals surface area contributed by atoms with Gasteiger partial charge in [-0.2, -0.15) is 0 Å². The molecule has 2 aromatic carbocycles. The molecule has 3 heterocycles. The minimum Gasteiger partial charge on any atom is -0.354 e. The van der Waals surface area contributed by atoms with Crippen LogP contribution in [0.3, 0.4) is 0 Å². The van der Waals surface area contributed by atoms with Crippen molar-refractivity contribution in [1.29, 1.82) is 0 Å². The van der Waals surface area contributed by atoms with E-state index in [4.69, 9.17) is 11.6 Å². The topological polar surface area (TPSA) is 58.5 Å². The third-order valence-electron chi connectivity index (χ3n) is 4.61. The lowest BCUT2D eigenvalue weighted by Crippen LogP contribution is -2.15. The number of nitrogens with zero attached hydrogens (tertiary/aromatic N) is 3. The fourth-order valence-electron chi connectivity index (χ4n) is 3.40. The first-order valence-corrected chi connectivity index (χ1v) is 9.74. The number of aryl methyl sites for hydroxylation is 1. The van der Waals surface area contributed by atoms with Crippen LogP contribution in [0.1, 0.15) is 23.7 Å². The van der Waals surface area contributed by atoms with E-state index in [2.05, 4.69) is 51.8 Å². The van der Waals surface area contributed by atoms with Crippen LogP contribution in [0.2, 0.25) is 5.02 Å². The van der Waals surface area contributed by atoms with Gasteiger partial charge in [0.15, 0.2) is 5.82 Å². The Bertz CT molecular complexity index is 1100. The van der Waals surface area contributed by atoms with Crippen molar-refractivity contribution in [1.82, 2.24) is 19.9 Å². The van der Waals surface area contributed by atoms with Crippen LogP contribution in [-0.2, 0) is 6.42 Å². The predicted octanol–water partition coefficient (Wildman–Crippen LogP) is 4.99. The van der Waals surface area contributed by atoms with Gasteiger partial charge in [-0.3, -0.25) is 0 Å². The number of fused-ring (bicyclic) bond motifs is 2. The van der Waals surface area contributed by atoms with Crippen LogP contribution in [0.5, 0.6) is 0 Å². The van der Waals surface area contributed by atoms with Gasteiger partial charge in [0.05, 0.1) is 5.69 Å². The summed E-state index contributed by atoms with van der Waals surface area (Å²) >= 11 is 7.97. The molecule has 1 atom stereocenters. The fourth-order valence-corrected chi connectivity index (χ4v) is 4.65. The SMILES string of the molecule is CCc1nnc2n1NC(c1c(-c3ccccc3)[nH]c3ccc(Cl)cc13)S2. The zero-order chi connectivity index (χ0) is 17.7. The van der Waals surface area contributed by atoms with E-state index in [-0.39, 0.29) is 5.37 Å². The normalized spacial score (nSPS) is 16.0. The second kappa shape index (κ2) is 6.07. The largest absolute Gasteiger partial charge is 0.354 e. The number of aromatic amines is 1. The van der Waals surface area contributed by atoms with Crippen LogP contribution in [-0.4, -0.2) is 19.9 Å². The van der Waals surface area contributed by atoms with Gasteiger partial charge in [-0.25, -0.2) is 4.68 Å². The van der Waals surface area contributed by atoms with Crippen LogP contribution < -0.4 is 5.43 Å². The number of halogens is 1. The number of hydrogen-bond donors (Lipinski definition) is 2. The fraction of sp³-hybridized carbons (Fsp3) is 0.158. The van der Waals surface area contributed by atoms with E-state index >= 15 is 0 Å². The third-order valence-corrected chi connectivity index (χ3v) is 5.90. The average Bonchev–Trinajstić information content (AvgIpc) is 3.33. The van der Waals surface area contributed by atoms with Crippen molar-refractivity contribution in [3.8, 4) is 11.3 Å². The Morgan fingerprint density at radius 2 is 2.00 bits per heavy atom. The van der Waals surface area contributed by atoms with E-state index in [9.17, 15) is 0 Å². The van der Waals surface area contributed by atoms with E-state index in [0.717, 1.165) is 44.6 Å². The van der Waals surface area contributed by atoms with Crippen molar-refractivity contribution in [3.63, 3.8) is 0 Å². The van der Waals surface area contributed by atoms with Crippen LogP contribution in [0.4, 0.5) is 0 Å². The summed E-state index contributed by atoms with van der Waals surface area (Å²) in [4.78, 5) is 3.57. The second-order valence-electron chi connectivity index (χ2n) is 6.18. The summed E-state index contributed by atoms with van der Waals surface area (Å²) in [5, 5.41) is 11.3. The quantitative estimate of drug-likeness (QED) is 0.525. The molecule has 0 fully saturated rings. The van der Waals surface area contributed by atoms with Gasteiger partial charge in [0.25, 0.3) is 0 Å². The highest BCUT2D eigenvalue weighted by atomic mass is 35.5. The van der Waals surface area contributed by atoms with Gasteiger partial charge in [0.1, 0.15) is 5.37 Å². The van der Waals surface area contributed by atoms with Gasteiger partial charge >= 0.3 is 0 Å². The molecule has 0 aliphatic carbocycles. The summed E-state index contributed by atoms with van der Waals surface area (Å²) in [6.07, 6.45) is 0.832. The maximum atomic E-state index is 6.30. The molecule has 1 unspecified atom stereocenters. The van der Waals surface area contributed by atoms with Crippen LogP contribution in [0.25, 0.3) is 22.2 Å². The van der Waals surface area contributed by atoms with Crippen molar-refractivity contribution in [2.24, 2.45) is 0 Å². The smallest absolute Gasteiger partial charge is 0.212 e. The molecule has 2 aromatic heterocycles. The Morgan fingerprint density at radius 3 is 2.81 bits per heavy atom. The molecular weight excluding hydrogens is 366 g/mol. The Hall–Kier alpha value is -2.44. The van der Waals surface area contributed by atoms with Crippen LogP contribution >= 0.6 is 23.4 Å². The number of rotatable bonds is 3. The molecule has 1 aliphatic rings. The lowest BCUT2D eigenvalue weighted by molar-refractivity contribution is 0.741.